The lowest BCUT2D eigenvalue weighted by molar-refractivity contribution is -0.120. The summed E-state index contributed by atoms with van der Waals surface area (Å²) in [5.41, 5.74) is 2.35. The van der Waals surface area contributed by atoms with Gasteiger partial charge in [0.1, 0.15) is 24.2 Å². The molecule has 0 aliphatic carbocycles. The third kappa shape index (κ3) is 3.48. The second-order valence-corrected chi connectivity index (χ2v) is 8.35. The van der Waals surface area contributed by atoms with E-state index in [1.165, 1.54) is 11.0 Å². The number of benzene rings is 3. The fraction of sp³-hybridized carbons (Fsp3) is 0.125. The Balaban J connectivity index is 1.43. The predicted octanol–water partition coefficient (Wildman–Crippen LogP) is 4.26. The van der Waals surface area contributed by atoms with Crippen molar-refractivity contribution in [3.05, 3.63) is 77.6 Å². The van der Waals surface area contributed by atoms with Gasteiger partial charge in [0, 0.05) is 18.2 Å². The molecule has 0 fully saturated rings. The van der Waals surface area contributed by atoms with Crippen molar-refractivity contribution in [1.29, 1.82) is 0 Å². The van der Waals surface area contributed by atoms with Crippen molar-refractivity contribution in [2.24, 2.45) is 0 Å². The summed E-state index contributed by atoms with van der Waals surface area (Å²) in [6, 6.07) is 18.2. The van der Waals surface area contributed by atoms with Gasteiger partial charge in [0.25, 0.3) is 11.8 Å². The van der Waals surface area contributed by atoms with Crippen LogP contribution in [0, 0.1) is 5.82 Å². The van der Waals surface area contributed by atoms with Crippen LogP contribution < -0.4 is 15.0 Å². The lowest BCUT2D eigenvalue weighted by Gasteiger charge is -2.19. The molecule has 3 aromatic carbocycles. The number of nitrogens with zero attached hydrogens (tertiary/aromatic N) is 2. The smallest absolute Gasteiger partial charge is 0.281 e. The standard InChI is InChI=1S/C24H18FN3O3S/c1-28-19-11-4-5-12-20(19)31-13-18(24(28)30)26-22(29)23-27-17-10-6-8-15(21(17)32-23)14-7-2-3-9-16(14)25/h2-12,18H,13H2,1H3,(H,26,29)/t18-/m0/s1. The quantitative estimate of drug-likeness (QED) is 0.510. The number of fused-ring (bicyclic) bond motifs is 2. The number of nitrogens with one attached hydrogen (secondary N) is 1. The van der Waals surface area contributed by atoms with Crippen molar-refractivity contribution in [3.8, 4) is 16.9 Å². The summed E-state index contributed by atoms with van der Waals surface area (Å²) in [6.07, 6.45) is 0. The SMILES string of the molecule is CN1C(=O)[C@@H](NC(=O)c2nc3cccc(-c4ccccc4F)c3s2)COc2ccccc21. The molecule has 0 saturated heterocycles. The van der Waals surface area contributed by atoms with E-state index in [4.69, 9.17) is 4.74 Å². The maximum Gasteiger partial charge on any atom is 0.281 e. The Morgan fingerprint density at radius 3 is 2.69 bits per heavy atom. The minimum Gasteiger partial charge on any atom is -0.489 e. The number of rotatable bonds is 3. The van der Waals surface area contributed by atoms with Gasteiger partial charge in [-0.1, -0.05) is 42.5 Å². The highest BCUT2D eigenvalue weighted by Crippen LogP contribution is 2.34. The fourth-order valence-corrected chi connectivity index (χ4v) is 4.71. The number of hydrogen-bond acceptors (Lipinski definition) is 5. The van der Waals surface area contributed by atoms with Crippen LogP contribution in [-0.2, 0) is 4.79 Å². The monoisotopic (exact) mass is 447 g/mol. The molecule has 0 saturated carbocycles. The molecule has 4 aromatic rings. The molecule has 2 amide bonds. The summed E-state index contributed by atoms with van der Waals surface area (Å²) >= 11 is 1.16. The van der Waals surface area contributed by atoms with E-state index in [2.05, 4.69) is 10.3 Å². The third-order valence-corrected chi connectivity index (χ3v) is 6.44. The second kappa shape index (κ2) is 8.05. The van der Waals surface area contributed by atoms with Gasteiger partial charge >= 0.3 is 0 Å². The number of para-hydroxylation sites is 2. The van der Waals surface area contributed by atoms with Gasteiger partial charge in [-0.25, -0.2) is 9.37 Å². The first-order valence-electron chi connectivity index (χ1n) is 9.97. The molecule has 2 heterocycles. The van der Waals surface area contributed by atoms with Gasteiger partial charge in [-0.2, -0.15) is 0 Å². The lowest BCUT2D eigenvalue weighted by atomic mass is 10.0. The van der Waals surface area contributed by atoms with Gasteiger partial charge in [-0.3, -0.25) is 9.59 Å². The largest absolute Gasteiger partial charge is 0.489 e. The first-order chi connectivity index (χ1) is 15.5. The first-order valence-corrected chi connectivity index (χ1v) is 10.8. The molecular weight excluding hydrogens is 429 g/mol. The summed E-state index contributed by atoms with van der Waals surface area (Å²) in [7, 11) is 1.65. The van der Waals surface area contributed by atoms with Crippen LogP contribution in [-0.4, -0.2) is 36.5 Å². The van der Waals surface area contributed by atoms with Gasteiger partial charge in [0.2, 0.25) is 0 Å². The number of halogens is 1. The maximum absolute atomic E-state index is 14.4. The molecule has 5 rings (SSSR count). The number of ether oxygens (including phenoxy) is 1. The number of anilines is 1. The summed E-state index contributed by atoms with van der Waals surface area (Å²) in [5.74, 6) is -0.527. The van der Waals surface area contributed by atoms with Crippen LogP contribution in [0.3, 0.4) is 0 Å². The van der Waals surface area contributed by atoms with Crippen LogP contribution in [0.15, 0.2) is 66.7 Å². The summed E-state index contributed by atoms with van der Waals surface area (Å²) in [5, 5.41) is 2.94. The zero-order chi connectivity index (χ0) is 22.2. The normalized spacial score (nSPS) is 15.8. The van der Waals surface area contributed by atoms with E-state index in [9.17, 15) is 14.0 Å². The molecule has 0 unspecified atom stereocenters. The number of hydrogen-bond donors (Lipinski definition) is 1. The van der Waals surface area contributed by atoms with Crippen molar-refractivity contribution in [3.63, 3.8) is 0 Å². The Morgan fingerprint density at radius 1 is 1.09 bits per heavy atom. The van der Waals surface area contributed by atoms with Crippen molar-refractivity contribution in [1.82, 2.24) is 10.3 Å². The summed E-state index contributed by atoms with van der Waals surface area (Å²) < 4.78 is 20.8. The van der Waals surface area contributed by atoms with E-state index in [1.807, 2.05) is 12.1 Å². The Morgan fingerprint density at radius 2 is 1.84 bits per heavy atom. The van der Waals surface area contributed by atoms with E-state index >= 15 is 0 Å². The molecule has 0 bridgehead atoms. The zero-order valence-electron chi connectivity index (χ0n) is 17.0. The van der Waals surface area contributed by atoms with Crippen molar-refractivity contribution in [2.45, 2.75) is 6.04 Å². The Bertz CT molecular complexity index is 1350. The summed E-state index contributed by atoms with van der Waals surface area (Å²) in [4.78, 5) is 31.8. The molecule has 1 atom stereocenters. The van der Waals surface area contributed by atoms with Crippen molar-refractivity contribution < 1.29 is 18.7 Å². The summed E-state index contributed by atoms with van der Waals surface area (Å²) in [6.45, 7) is 0.0112. The van der Waals surface area contributed by atoms with Gasteiger partial charge in [0.05, 0.1) is 15.9 Å². The van der Waals surface area contributed by atoms with Gasteiger partial charge in [-0.05, 0) is 24.3 Å². The third-order valence-electron chi connectivity index (χ3n) is 5.34. The zero-order valence-corrected chi connectivity index (χ0v) is 17.9. The topological polar surface area (TPSA) is 71.5 Å². The number of likely N-dealkylation sites (N-methyl/N-ethyl adjacent to an activating group) is 1. The molecule has 160 valence electrons. The number of carbonyl (C=O) groups excluding carboxylic acids is 2. The second-order valence-electron chi connectivity index (χ2n) is 7.35. The highest BCUT2D eigenvalue weighted by atomic mass is 32.1. The highest BCUT2D eigenvalue weighted by Gasteiger charge is 2.31. The lowest BCUT2D eigenvalue weighted by Crippen LogP contribution is -2.49. The van der Waals surface area contributed by atoms with Crippen LogP contribution >= 0.6 is 11.3 Å². The van der Waals surface area contributed by atoms with Gasteiger partial charge in [-0.15, -0.1) is 11.3 Å². The molecule has 1 aliphatic rings. The Labute approximate surface area is 187 Å². The molecule has 0 radical (unpaired) electrons. The fourth-order valence-electron chi connectivity index (χ4n) is 3.71. The minimum absolute atomic E-state index is 0.0112. The van der Waals surface area contributed by atoms with Crippen LogP contribution in [0.1, 0.15) is 9.80 Å². The highest BCUT2D eigenvalue weighted by molar-refractivity contribution is 7.20. The van der Waals surface area contributed by atoms with E-state index in [-0.39, 0.29) is 23.3 Å². The van der Waals surface area contributed by atoms with E-state index in [0.717, 1.165) is 11.3 Å². The Hall–Kier alpha value is -3.78. The number of aromatic nitrogens is 1. The molecule has 8 heteroatoms. The number of thiazole rings is 1. The predicted molar refractivity (Wildman–Crippen MR) is 122 cm³/mol. The number of amides is 2. The molecule has 1 aromatic heterocycles. The van der Waals surface area contributed by atoms with Crippen LogP contribution in [0.4, 0.5) is 10.1 Å². The van der Waals surface area contributed by atoms with Crippen LogP contribution in [0.5, 0.6) is 5.75 Å². The molecule has 0 spiro atoms. The van der Waals surface area contributed by atoms with E-state index < -0.39 is 11.9 Å². The van der Waals surface area contributed by atoms with Crippen LogP contribution in [0.2, 0.25) is 0 Å². The van der Waals surface area contributed by atoms with Crippen molar-refractivity contribution in [2.75, 3.05) is 18.6 Å². The van der Waals surface area contributed by atoms with Gasteiger partial charge < -0.3 is 15.0 Å². The van der Waals surface area contributed by atoms with Crippen LogP contribution in [0.25, 0.3) is 21.3 Å². The Kier molecular flexibility index (Phi) is 5.07. The molecule has 1 N–H and O–H groups in total. The van der Waals surface area contributed by atoms with Gasteiger partial charge in [0.15, 0.2) is 5.01 Å². The first kappa shape index (κ1) is 20.1. The molecule has 6 nitrogen and oxygen atoms in total. The average molecular weight is 447 g/mol. The molecule has 32 heavy (non-hydrogen) atoms. The van der Waals surface area contributed by atoms with Crippen molar-refractivity contribution >= 4 is 39.1 Å². The molecule has 1 aliphatic heterocycles. The average Bonchev–Trinajstić information content (AvgIpc) is 3.22. The maximum atomic E-state index is 14.4. The van der Waals surface area contributed by atoms with E-state index in [1.54, 1.807) is 55.6 Å². The van der Waals surface area contributed by atoms with E-state index in [0.29, 0.717) is 32.8 Å². The minimum atomic E-state index is -0.863. The number of carbonyl (C=O) groups is 2. The molecular formula is C24H18FN3O3S.